The smallest absolute Gasteiger partial charge is 0.480 e. The molecule has 3 aliphatic heterocycles. The van der Waals surface area contributed by atoms with Crippen LogP contribution in [0, 0.1) is 11.2 Å². The van der Waals surface area contributed by atoms with E-state index >= 15 is 4.39 Å². The van der Waals surface area contributed by atoms with E-state index in [9.17, 15) is 4.79 Å². The van der Waals surface area contributed by atoms with Crippen LogP contribution in [0.5, 0.6) is 5.75 Å². The van der Waals surface area contributed by atoms with Crippen LogP contribution >= 0.6 is 0 Å². The van der Waals surface area contributed by atoms with Crippen LogP contribution in [0.4, 0.5) is 9.18 Å². The number of hydrogen-bond donors (Lipinski definition) is 0. The van der Waals surface area contributed by atoms with E-state index in [1.807, 2.05) is 83.7 Å². The largest absolute Gasteiger partial charge is 0.495 e. The van der Waals surface area contributed by atoms with Gasteiger partial charge < -0.3 is 23.7 Å². The maximum Gasteiger partial charge on any atom is 0.495 e. The molecule has 2 aromatic rings. The number of fused-ring (bicyclic) bond motifs is 1. The summed E-state index contributed by atoms with van der Waals surface area (Å²) in [5.41, 5.74) is -0.108. The molecule has 208 valence electrons. The van der Waals surface area contributed by atoms with Crippen molar-refractivity contribution in [3.63, 3.8) is 0 Å². The molecular weight excluding hydrogens is 496 g/mol. The molecule has 1 saturated carbocycles. The first kappa shape index (κ1) is 26.6. The van der Waals surface area contributed by atoms with Crippen molar-refractivity contribution < 1.29 is 28.0 Å². The molecule has 4 aliphatic rings. The zero-order valence-electron chi connectivity index (χ0n) is 24.1. The molecule has 1 aliphatic carbocycles. The Morgan fingerprint density at radius 3 is 2.28 bits per heavy atom. The number of rotatable bonds is 3. The third kappa shape index (κ3) is 4.44. The number of nitrogens with zero attached hydrogens (tertiary/aromatic N) is 1. The van der Waals surface area contributed by atoms with Gasteiger partial charge in [-0.25, -0.2) is 9.18 Å². The Hall–Kier alpha value is -2.58. The van der Waals surface area contributed by atoms with Crippen LogP contribution in [0.25, 0.3) is 0 Å². The van der Waals surface area contributed by atoms with Gasteiger partial charge >= 0.3 is 13.2 Å². The standard InChI is InChI=1S/C31H39BFNO5/c1-27(2,3)37-26(35)34-19-30(13-14-30)18-25(34)31(20-11-9-8-10-12-20)17-22-23(15-21(33)16-24(22)36-31)32-38-28(4,5)29(6,7)39-32/h8-12,15-16,25H,13-14,17-19H2,1-7H3/t25-,31-/m0/s1. The highest BCUT2D eigenvalue weighted by atomic mass is 19.1. The van der Waals surface area contributed by atoms with E-state index in [2.05, 4.69) is 0 Å². The van der Waals surface area contributed by atoms with Crippen molar-refractivity contribution in [1.29, 1.82) is 0 Å². The van der Waals surface area contributed by atoms with Crippen LogP contribution in [-0.2, 0) is 26.1 Å². The van der Waals surface area contributed by atoms with Gasteiger partial charge in [-0.1, -0.05) is 30.3 Å². The number of amides is 1. The van der Waals surface area contributed by atoms with Crippen LogP contribution in [0.2, 0.25) is 0 Å². The van der Waals surface area contributed by atoms with Crippen molar-refractivity contribution >= 4 is 18.7 Å². The van der Waals surface area contributed by atoms with Gasteiger partial charge in [0.25, 0.3) is 0 Å². The van der Waals surface area contributed by atoms with Crippen LogP contribution < -0.4 is 10.2 Å². The molecule has 0 aromatic heterocycles. The molecule has 0 unspecified atom stereocenters. The lowest BCUT2D eigenvalue weighted by molar-refractivity contribution is -0.0216. The Morgan fingerprint density at radius 1 is 1.05 bits per heavy atom. The van der Waals surface area contributed by atoms with Crippen molar-refractivity contribution in [2.45, 2.75) is 103 Å². The highest BCUT2D eigenvalue weighted by Crippen LogP contribution is 2.60. The average Bonchev–Trinajstić information content (AvgIpc) is 3.20. The number of carbonyl (C=O) groups is 1. The van der Waals surface area contributed by atoms with Gasteiger partial charge in [0.05, 0.1) is 17.2 Å². The molecule has 0 N–H and O–H groups in total. The molecule has 1 spiro atoms. The van der Waals surface area contributed by atoms with E-state index in [1.165, 1.54) is 12.1 Å². The van der Waals surface area contributed by atoms with Gasteiger partial charge in [-0.05, 0) is 95.8 Å². The van der Waals surface area contributed by atoms with Crippen molar-refractivity contribution in [3.8, 4) is 5.75 Å². The lowest BCUT2D eigenvalue weighted by Gasteiger charge is -2.40. The van der Waals surface area contributed by atoms with E-state index in [-0.39, 0.29) is 17.6 Å². The monoisotopic (exact) mass is 535 g/mol. The third-order valence-electron chi connectivity index (χ3n) is 9.34. The maximum absolute atomic E-state index is 15.1. The number of ether oxygens (including phenoxy) is 2. The first-order chi connectivity index (χ1) is 18.1. The van der Waals surface area contributed by atoms with Crippen LogP contribution in [0.3, 0.4) is 0 Å². The Balaban J connectivity index is 1.45. The number of likely N-dealkylation sites (tertiary alicyclic amines) is 1. The number of halogens is 1. The summed E-state index contributed by atoms with van der Waals surface area (Å²) in [7, 11) is -0.727. The molecule has 39 heavy (non-hydrogen) atoms. The van der Waals surface area contributed by atoms with E-state index in [0.29, 0.717) is 24.2 Å². The molecule has 1 amide bonds. The molecular formula is C31H39BFNO5. The third-order valence-corrected chi connectivity index (χ3v) is 9.34. The van der Waals surface area contributed by atoms with Gasteiger partial charge in [0.2, 0.25) is 0 Å². The Morgan fingerprint density at radius 2 is 1.69 bits per heavy atom. The second-order valence-electron chi connectivity index (χ2n) is 13.9. The SMILES string of the molecule is CC(C)(C)OC(=O)N1CC2(CC2)C[C@H]1[C@@]1(c2ccccc2)Cc2c(cc(F)cc2B2OC(C)(C)C(C)(C)O2)O1. The van der Waals surface area contributed by atoms with Crippen LogP contribution in [-0.4, -0.2) is 47.5 Å². The summed E-state index contributed by atoms with van der Waals surface area (Å²) in [5, 5.41) is 0. The van der Waals surface area contributed by atoms with Crippen molar-refractivity contribution in [3.05, 3.63) is 59.4 Å². The second-order valence-corrected chi connectivity index (χ2v) is 13.9. The Labute approximate surface area is 231 Å². The zero-order chi connectivity index (χ0) is 28.0. The fourth-order valence-electron chi connectivity index (χ4n) is 6.37. The minimum atomic E-state index is -0.904. The summed E-state index contributed by atoms with van der Waals surface area (Å²) in [6.45, 7) is 14.3. The minimum Gasteiger partial charge on any atom is -0.480 e. The summed E-state index contributed by atoms with van der Waals surface area (Å²) in [4.78, 5) is 15.5. The molecule has 0 bridgehead atoms. The van der Waals surface area contributed by atoms with Crippen molar-refractivity contribution in [1.82, 2.24) is 4.90 Å². The lowest BCUT2D eigenvalue weighted by atomic mass is 9.72. The molecule has 8 heteroatoms. The van der Waals surface area contributed by atoms with Crippen LogP contribution in [0.1, 0.15) is 78.9 Å². The Kier molecular flexibility index (Phi) is 5.78. The van der Waals surface area contributed by atoms with E-state index < -0.39 is 35.3 Å². The Bertz CT molecular complexity index is 1290. The minimum absolute atomic E-state index is 0.0846. The number of benzene rings is 2. The fourth-order valence-corrected chi connectivity index (χ4v) is 6.37. The molecule has 3 heterocycles. The second kappa shape index (κ2) is 8.46. The van der Waals surface area contributed by atoms with Gasteiger partial charge in [-0.3, -0.25) is 0 Å². The van der Waals surface area contributed by atoms with E-state index in [4.69, 9.17) is 18.8 Å². The molecule has 2 atom stereocenters. The topological polar surface area (TPSA) is 57.2 Å². The average molecular weight is 535 g/mol. The van der Waals surface area contributed by atoms with Crippen LogP contribution in [0.15, 0.2) is 42.5 Å². The highest BCUT2D eigenvalue weighted by molar-refractivity contribution is 6.62. The summed E-state index contributed by atoms with van der Waals surface area (Å²) in [5.74, 6) is 0.0702. The van der Waals surface area contributed by atoms with Gasteiger partial charge in [0, 0.05) is 19.0 Å². The molecule has 6 rings (SSSR count). The normalized spacial score (nSPS) is 27.9. The summed E-state index contributed by atoms with van der Waals surface area (Å²) in [6, 6.07) is 12.7. The summed E-state index contributed by atoms with van der Waals surface area (Å²) < 4.78 is 40.6. The quantitative estimate of drug-likeness (QED) is 0.469. The van der Waals surface area contributed by atoms with E-state index in [0.717, 1.165) is 30.4 Å². The number of carbonyl (C=O) groups excluding carboxylic acids is 1. The lowest BCUT2D eigenvalue weighted by Crippen LogP contribution is -2.53. The predicted molar refractivity (Wildman–Crippen MR) is 148 cm³/mol. The molecule has 2 aromatic carbocycles. The maximum atomic E-state index is 15.1. The van der Waals surface area contributed by atoms with Gasteiger partial charge in [0.15, 0.2) is 5.60 Å². The number of hydrogen-bond acceptors (Lipinski definition) is 5. The molecule has 6 nitrogen and oxygen atoms in total. The molecule has 2 saturated heterocycles. The molecule has 0 radical (unpaired) electrons. The zero-order valence-corrected chi connectivity index (χ0v) is 24.1. The first-order valence-corrected chi connectivity index (χ1v) is 14.1. The summed E-state index contributed by atoms with van der Waals surface area (Å²) in [6.07, 6.45) is 3.10. The molecule has 3 fully saturated rings. The van der Waals surface area contributed by atoms with Crippen molar-refractivity contribution in [2.24, 2.45) is 5.41 Å². The van der Waals surface area contributed by atoms with Gasteiger partial charge in [-0.2, -0.15) is 0 Å². The summed E-state index contributed by atoms with van der Waals surface area (Å²) >= 11 is 0. The fraction of sp³-hybridized carbons (Fsp3) is 0.581. The highest BCUT2D eigenvalue weighted by Gasteiger charge is 2.63. The van der Waals surface area contributed by atoms with Crippen molar-refractivity contribution in [2.75, 3.05) is 6.54 Å². The van der Waals surface area contributed by atoms with E-state index in [1.54, 1.807) is 0 Å². The van der Waals surface area contributed by atoms with Gasteiger partial charge in [0.1, 0.15) is 17.2 Å². The van der Waals surface area contributed by atoms with Gasteiger partial charge in [-0.15, -0.1) is 0 Å². The first-order valence-electron chi connectivity index (χ1n) is 14.1. The predicted octanol–water partition coefficient (Wildman–Crippen LogP) is 5.74.